The molecule has 0 N–H and O–H groups in total. The second-order valence-electron chi connectivity index (χ2n) is 3.96. The SMILES string of the molecule is Cc1c(OC(Br)C2CC2)cccc1[N+](=O)[O-]. The average Bonchev–Trinajstić information content (AvgIpc) is 3.03. The molecule has 0 heterocycles. The molecule has 4 nitrogen and oxygen atoms in total. The predicted octanol–water partition coefficient (Wildman–Crippen LogP) is 3.41. The van der Waals surface area contributed by atoms with Gasteiger partial charge in [0.2, 0.25) is 0 Å². The van der Waals surface area contributed by atoms with Crippen molar-refractivity contribution in [2.75, 3.05) is 0 Å². The van der Waals surface area contributed by atoms with Gasteiger partial charge >= 0.3 is 0 Å². The Morgan fingerprint density at radius 1 is 1.56 bits per heavy atom. The van der Waals surface area contributed by atoms with Crippen LogP contribution in [-0.4, -0.2) is 9.94 Å². The van der Waals surface area contributed by atoms with Crippen LogP contribution in [0.1, 0.15) is 18.4 Å². The molecule has 5 heteroatoms. The number of nitro benzene ring substituents is 1. The van der Waals surface area contributed by atoms with E-state index in [1.807, 2.05) is 0 Å². The summed E-state index contributed by atoms with van der Waals surface area (Å²) in [5.41, 5.74) is 0.686. The molecule has 0 bridgehead atoms. The van der Waals surface area contributed by atoms with Crippen LogP contribution < -0.4 is 4.74 Å². The molecule has 1 aromatic rings. The Kier molecular flexibility index (Phi) is 3.14. The fraction of sp³-hybridized carbons (Fsp3) is 0.455. The van der Waals surface area contributed by atoms with Gasteiger partial charge in [-0.2, -0.15) is 0 Å². The molecule has 0 saturated heterocycles. The van der Waals surface area contributed by atoms with E-state index in [-0.39, 0.29) is 15.6 Å². The summed E-state index contributed by atoms with van der Waals surface area (Å²) in [5, 5.41) is 10.7. The van der Waals surface area contributed by atoms with E-state index >= 15 is 0 Å². The topological polar surface area (TPSA) is 52.4 Å². The van der Waals surface area contributed by atoms with Crippen LogP contribution in [0, 0.1) is 23.0 Å². The summed E-state index contributed by atoms with van der Waals surface area (Å²) in [7, 11) is 0. The van der Waals surface area contributed by atoms with Crippen molar-refractivity contribution in [3.05, 3.63) is 33.9 Å². The maximum absolute atomic E-state index is 10.7. The van der Waals surface area contributed by atoms with E-state index in [0.29, 0.717) is 17.2 Å². The first-order chi connectivity index (χ1) is 7.59. The Balaban J connectivity index is 2.19. The molecule has 86 valence electrons. The Morgan fingerprint density at radius 3 is 2.81 bits per heavy atom. The van der Waals surface area contributed by atoms with E-state index in [4.69, 9.17) is 4.74 Å². The van der Waals surface area contributed by atoms with E-state index in [9.17, 15) is 10.1 Å². The molecule has 0 aliphatic heterocycles. The molecule has 2 rings (SSSR count). The van der Waals surface area contributed by atoms with Crippen LogP contribution in [-0.2, 0) is 0 Å². The minimum absolute atomic E-state index is 0.0341. The van der Waals surface area contributed by atoms with Gasteiger partial charge in [-0.1, -0.05) is 6.07 Å². The van der Waals surface area contributed by atoms with Gasteiger partial charge in [0.15, 0.2) is 5.01 Å². The number of alkyl halides is 1. The minimum atomic E-state index is -0.386. The highest BCUT2D eigenvalue weighted by Gasteiger charge is 2.31. The lowest BCUT2D eigenvalue weighted by molar-refractivity contribution is -0.385. The molecule has 1 aromatic carbocycles. The first kappa shape index (κ1) is 11.4. The average molecular weight is 286 g/mol. The first-order valence-corrected chi connectivity index (χ1v) is 6.06. The van der Waals surface area contributed by atoms with E-state index in [2.05, 4.69) is 15.9 Å². The summed E-state index contributed by atoms with van der Waals surface area (Å²) in [6, 6.07) is 4.90. The molecule has 1 unspecified atom stereocenters. The highest BCUT2D eigenvalue weighted by molar-refractivity contribution is 9.09. The fourth-order valence-corrected chi connectivity index (χ4v) is 2.23. The number of benzene rings is 1. The first-order valence-electron chi connectivity index (χ1n) is 5.14. The molecule has 0 radical (unpaired) electrons. The molecule has 1 saturated carbocycles. The standard InChI is InChI=1S/C11H12BrNO3/c1-7-9(13(14)15)3-2-4-10(7)16-11(12)8-5-6-8/h2-4,8,11H,5-6H2,1H3. The zero-order chi connectivity index (χ0) is 11.7. The molecule has 1 atom stereocenters. The molecule has 1 aliphatic rings. The zero-order valence-corrected chi connectivity index (χ0v) is 10.4. The fourth-order valence-electron chi connectivity index (χ4n) is 1.50. The van der Waals surface area contributed by atoms with Crippen LogP contribution in [0.2, 0.25) is 0 Å². The van der Waals surface area contributed by atoms with Crippen LogP contribution >= 0.6 is 15.9 Å². The minimum Gasteiger partial charge on any atom is -0.478 e. The van der Waals surface area contributed by atoms with Crippen LogP contribution in [0.15, 0.2) is 18.2 Å². The van der Waals surface area contributed by atoms with Crippen LogP contribution in [0.4, 0.5) is 5.69 Å². The highest BCUT2D eigenvalue weighted by atomic mass is 79.9. The summed E-state index contributed by atoms with van der Waals surface area (Å²) < 4.78 is 5.67. The van der Waals surface area contributed by atoms with Crippen molar-refractivity contribution in [3.8, 4) is 5.75 Å². The smallest absolute Gasteiger partial charge is 0.276 e. The third-order valence-electron chi connectivity index (χ3n) is 2.68. The maximum Gasteiger partial charge on any atom is 0.276 e. The van der Waals surface area contributed by atoms with Gasteiger partial charge in [0.25, 0.3) is 5.69 Å². The van der Waals surface area contributed by atoms with Crippen molar-refractivity contribution in [3.63, 3.8) is 0 Å². The van der Waals surface area contributed by atoms with Crippen LogP contribution in [0.5, 0.6) is 5.75 Å². The Bertz CT molecular complexity index is 418. The predicted molar refractivity (Wildman–Crippen MR) is 63.9 cm³/mol. The molecule has 0 aromatic heterocycles. The van der Waals surface area contributed by atoms with Gasteiger partial charge in [-0.25, -0.2) is 0 Å². The summed E-state index contributed by atoms with van der Waals surface area (Å²) in [4.78, 5) is 10.4. The second kappa shape index (κ2) is 4.41. The summed E-state index contributed by atoms with van der Waals surface area (Å²) in [6.07, 6.45) is 2.31. The lowest BCUT2D eigenvalue weighted by Gasteiger charge is -2.13. The van der Waals surface area contributed by atoms with Crippen LogP contribution in [0.3, 0.4) is 0 Å². The largest absolute Gasteiger partial charge is 0.478 e. The van der Waals surface area contributed by atoms with E-state index in [0.717, 1.165) is 12.8 Å². The lowest BCUT2D eigenvalue weighted by Crippen LogP contribution is -2.11. The van der Waals surface area contributed by atoms with Gasteiger partial charge in [-0.15, -0.1) is 0 Å². The number of rotatable bonds is 4. The Morgan fingerprint density at radius 2 is 2.25 bits per heavy atom. The summed E-state index contributed by atoms with van der Waals surface area (Å²) in [6.45, 7) is 1.71. The lowest BCUT2D eigenvalue weighted by atomic mass is 10.2. The van der Waals surface area contributed by atoms with Crippen molar-refractivity contribution in [2.24, 2.45) is 5.92 Å². The second-order valence-corrected chi connectivity index (χ2v) is 4.87. The van der Waals surface area contributed by atoms with Crippen LogP contribution in [0.25, 0.3) is 0 Å². The van der Waals surface area contributed by atoms with E-state index in [1.165, 1.54) is 6.07 Å². The van der Waals surface area contributed by atoms with Crippen molar-refractivity contribution >= 4 is 21.6 Å². The van der Waals surface area contributed by atoms with E-state index in [1.54, 1.807) is 19.1 Å². The number of ether oxygens (including phenoxy) is 1. The third-order valence-corrected chi connectivity index (χ3v) is 3.62. The van der Waals surface area contributed by atoms with Crippen molar-refractivity contribution in [2.45, 2.75) is 24.8 Å². The normalized spacial score (nSPS) is 16.9. The third kappa shape index (κ3) is 2.35. The number of nitrogens with zero attached hydrogens (tertiary/aromatic N) is 1. The molecular formula is C11H12BrNO3. The van der Waals surface area contributed by atoms with Gasteiger partial charge in [-0.05, 0) is 41.8 Å². The van der Waals surface area contributed by atoms with E-state index < -0.39 is 0 Å². The van der Waals surface area contributed by atoms with Gasteiger partial charge < -0.3 is 4.74 Å². The number of nitro groups is 1. The van der Waals surface area contributed by atoms with Crippen molar-refractivity contribution < 1.29 is 9.66 Å². The van der Waals surface area contributed by atoms with Gasteiger partial charge in [0.1, 0.15) is 5.75 Å². The monoisotopic (exact) mass is 285 g/mol. The number of halogens is 1. The number of hydrogen-bond donors (Lipinski definition) is 0. The van der Waals surface area contributed by atoms with Gasteiger partial charge in [0.05, 0.1) is 10.5 Å². The number of hydrogen-bond acceptors (Lipinski definition) is 3. The summed E-state index contributed by atoms with van der Waals surface area (Å²) >= 11 is 3.45. The van der Waals surface area contributed by atoms with Gasteiger partial charge in [0, 0.05) is 12.0 Å². The highest BCUT2D eigenvalue weighted by Crippen LogP contribution is 2.39. The Hall–Kier alpha value is -1.10. The van der Waals surface area contributed by atoms with Crippen molar-refractivity contribution in [1.29, 1.82) is 0 Å². The molecular weight excluding hydrogens is 274 g/mol. The maximum atomic E-state index is 10.7. The Labute approximate surface area is 102 Å². The quantitative estimate of drug-likeness (QED) is 0.484. The molecule has 1 aliphatic carbocycles. The molecule has 16 heavy (non-hydrogen) atoms. The van der Waals surface area contributed by atoms with Crippen molar-refractivity contribution in [1.82, 2.24) is 0 Å². The van der Waals surface area contributed by atoms with Gasteiger partial charge in [-0.3, -0.25) is 10.1 Å². The molecule has 0 amide bonds. The molecule has 1 fully saturated rings. The zero-order valence-electron chi connectivity index (χ0n) is 8.85. The molecule has 0 spiro atoms. The summed E-state index contributed by atoms with van der Waals surface area (Å²) in [5.74, 6) is 1.13.